The Bertz CT molecular complexity index is 652. The number of hydrogen-bond donors (Lipinski definition) is 1. The summed E-state index contributed by atoms with van der Waals surface area (Å²) in [4.78, 5) is 26.9. The van der Waals surface area contributed by atoms with Crippen molar-refractivity contribution in [3.8, 4) is 5.75 Å². The SMILES string of the molecule is CCOC(=O)C1(Cc2ccccc2O)CCCN(C(=O)OC(C)(C)C)C1. The number of esters is 1. The summed E-state index contributed by atoms with van der Waals surface area (Å²) in [6.45, 7) is 8.24. The zero-order valence-corrected chi connectivity index (χ0v) is 16.1. The third-order valence-electron chi connectivity index (χ3n) is 4.46. The molecule has 0 aromatic heterocycles. The summed E-state index contributed by atoms with van der Waals surface area (Å²) >= 11 is 0. The topological polar surface area (TPSA) is 76.1 Å². The molecule has 0 bridgehead atoms. The highest BCUT2D eigenvalue weighted by Crippen LogP contribution is 2.37. The molecule has 1 atom stereocenters. The van der Waals surface area contributed by atoms with Gasteiger partial charge in [-0.3, -0.25) is 4.79 Å². The first-order chi connectivity index (χ1) is 12.2. The first-order valence-corrected chi connectivity index (χ1v) is 9.09. The molecule has 1 aliphatic rings. The molecule has 1 aliphatic heterocycles. The van der Waals surface area contributed by atoms with E-state index in [0.29, 0.717) is 31.4 Å². The number of nitrogens with zero attached hydrogens (tertiary/aromatic N) is 1. The standard InChI is InChI=1S/C20H29NO5/c1-5-25-17(23)20(13-15-9-6-7-10-16(15)22)11-8-12-21(14-20)18(24)26-19(2,3)4/h6-7,9-10,22H,5,8,11-14H2,1-4H3. The predicted octanol–water partition coefficient (Wildman–Crippen LogP) is 3.52. The molecule has 1 saturated heterocycles. The number of amides is 1. The molecule has 1 unspecified atom stereocenters. The Kier molecular flexibility index (Phi) is 6.16. The number of rotatable bonds is 4. The summed E-state index contributed by atoms with van der Waals surface area (Å²) in [6, 6.07) is 6.96. The van der Waals surface area contributed by atoms with Gasteiger partial charge in [-0.15, -0.1) is 0 Å². The number of para-hydroxylation sites is 1. The van der Waals surface area contributed by atoms with E-state index >= 15 is 0 Å². The van der Waals surface area contributed by atoms with Crippen LogP contribution >= 0.6 is 0 Å². The van der Waals surface area contributed by atoms with Crippen molar-refractivity contribution in [1.82, 2.24) is 4.90 Å². The Morgan fingerprint density at radius 1 is 1.27 bits per heavy atom. The third-order valence-corrected chi connectivity index (χ3v) is 4.46. The number of hydrogen-bond acceptors (Lipinski definition) is 5. The number of aromatic hydroxyl groups is 1. The monoisotopic (exact) mass is 363 g/mol. The maximum Gasteiger partial charge on any atom is 0.410 e. The molecule has 144 valence electrons. The molecule has 0 aliphatic carbocycles. The molecular formula is C20H29NO5. The molecule has 0 saturated carbocycles. The quantitative estimate of drug-likeness (QED) is 0.829. The van der Waals surface area contributed by atoms with Crippen molar-refractivity contribution < 1.29 is 24.2 Å². The molecule has 0 spiro atoms. The fraction of sp³-hybridized carbons (Fsp3) is 0.600. The predicted molar refractivity (Wildman–Crippen MR) is 97.9 cm³/mol. The number of piperidine rings is 1. The normalized spacial score (nSPS) is 20.5. The molecule has 26 heavy (non-hydrogen) atoms. The fourth-order valence-corrected chi connectivity index (χ4v) is 3.31. The molecule has 1 aromatic carbocycles. The highest BCUT2D eigenvalue weighted by molar-refractivity contribution is 5.79. The van der Waals surface area contributed by atoms with Gasteiger partial charge in [0.1, 0.15) is 11.4 Å². The Labute approximate surface area is 155 Å². The second kappa shape index (κ2) is 7.98. The minimum Gasteiger partial charge on any atom is -0.508 e. The van der Waals surface area contributed by atoms with Gasteiger partial charge in [0.05, 0.1) is 12.0 Å². The second-order valence-electron chi connectivity index (χ2n) is 7.81. The van der Waals surface area contributed by atoms with Crippen molar-refractivity contribution >= 4 is 12.1 Å². The minimum absolute atomic E-state index is 0.144. The van der Waals surface area contributed by atoms with E-state index in [0.717, 1.165) is 0 Å². The first-order valence-electron chi connectivity index (χ1n) is 9.09. The van der Waals surface area contributed by atoms with E-state index in [9.17, 15) is 14.7 Å². The van der Waals surface area contributed by atoms with E-state index in [1.165, 1.54) is 0 Å². The first kappa shape index (κ1) is 20.1. The summed E-state index contributed by atoms with van der Waals surface area (Å²) < 4.78 is 10.8. The van der Waals surface area contributed by atoms with Gasteiger partial charge < -0.3 is 19.5 Å². The van der Waals surface area contributed by atoms with Gasteiger partial charge in [-0.2, -0.15) is 0 Å². The van der Waals surface area contributed by atoms with Crippen molar-refractivity contribution in [3.63, 3.8) is 0 Å². The van der Waals surface area contributed by atoms with Crippen molar-refractivity contribution in [2.75, 3.05) is 19.7 Å². The number of likely N-dealkylation sites (tertiary alicyclic amines) is 1. The van der Waals surface area contributed by atoms with Crippen LogP contribution < -0.4 is 0 Å². The molecule has 1 aromatic rings. The lowest BCUT2D eigenvalue weighted by atomic mass is 9.75. The second-order valence-corrected chi connectivity index (χ2v) is 7.81. The number of ether oxygens (including phenoxy) is 2. The van der Waals surface area contributed by atoms with Crippen LogP contribution in [0.2, 0.25) is 0 Å². The lowest BCUT2D eigenvalue weighted by Crippen LogP contribution is -2.52. The van der Waals surface area contributed by atoms with Crippen LogP contribution in [-0.4, -0.2) is 47.4 Å². The van der Waals surface area contributed by atoms with Crippen LogP contribution in [0.5, 0.6) is 5.75 Å². The summed E-state index contributed by atoms with van der Waals surface area (Å²) in [5, 5.41) is 10.1. The van der Waals surface area contributed by atoms with Gasteiger partial charge in [-0.25, -0.2) is 4.79 Å². The number of carbonyl (C=O) groups is 2. The molecular weight excluding hydrogens is 334 g/mol. The van der Waals surface area contributed by atoms with Crippen molar-refractivity contribution in [2.45, 2.75) is 52.6 Å². The Balaban J connectivity index is 2.27. The van der Waals surface area contributed by atoms with Crippen LogP contribution in [0.15, 0.2) is 24.3 Å². The molecule has 6 heteroatoms. The minimum atomic E-state index is -0.885. The van der Waals surface area contributed by atoms with Gasteiger partial charge in [-0.05, 0) is 58.6 Å². The van der Waals surface area contributed by atoms with Crippen LogP contribution in [0.1, 0.15) is 46.1 Å². The molecule has 1 amide bonds. The Morgan fingerprint density at radius 3 is 2.58 bits per heavy atom. The lowest BCUT2D eigenvalue weighted by molar-refractivity contribution is -0.158. The van der Waals surface area contributed by atoms with E-state index in [4.69, 9.17) is 9.47 Å². The lowest BCUT2D eigenvalue weighted by Gasteiger charge is -2.41. The van der Waals surface area contributed by atoms with Crippen LogP contribution in [-0.2, 0) is 20.7 Å². The molecule has 1 heterocycles. The van der Waals surface area contributed by atoms with Gasteiger partial charge in [0.2, 0.25) is 0 Å². The fourth-order valence-electron chi connectivity index (χ4n) is 3.31. The zero-order chi connectivity index (χ0) is 19.4. The van der Waals surface area contributed by atoms with E-state index in [-0.39, 0.29) is 24.9 Å². The summed E-state index contributed by atoms with van der Waals surface area (Å²) in [6.07, 6.45) is 1.16. The summed E-state index contributed by atoms with van der Waals surface area (Å²) in [5.41, 5.74) is -0.811. The maximum absolute atomic E-state index is 12.8. The van der Waals surface area contributed by atoms with Crippen LogP contribution in [0, 0.1) is 5.41 Å². The number of carbonyl (C=O) groups excluding carboxylic acids is 2. The zero-order valence-electron chi connectivity index (χ0n) is 16.1. The van der Waals surface area contributed by atoms with Crippen molar-refractivity contribution in [3.05, 3.63) is 29.8 Å². The molecule has 6 nitrogen and oxygen atoms in total. The summed E-state index contributed by atoms with van der Waals surface area (Å²) in [5.74, 6) is -0.193. The Morgan fingerprint density at radius 2 is 1.96 bits per heavy atom. The van der Waals surface area contributed by atoms with Crippen LogP contribution in [0.25, 0.3) is 0 Å². The third kappa shape index (κ3) is 4.90. The number of phenols is 1. The smallest absolute Gasteiger partial charge is 0.410 e. The maximum atomic E-state index is 12.8. The molecule has 0 radical (unpaired) electrons. The van der Waals surface area contributed by atoms with Gasteiger partial charge in [0, 0.05) is 13.1 Å². The highest BCUT2D eigenvalue weighted by atomic mass is 16.6. The highest BCUT2D eigenvalue weighted by Gasteiger charge is 2.46. The summed E-state index contributed by atoms with van der Waals surface area (Å²) in [7, 11) is 0. The van der Waals surface area contributed by atoms with E-state index in [1.807, 2.05) is 26.8 Å². The number of phenolic OH excluding ortho intramolecular Hbond substituents is 1. The average Bonchev–Trinajstić information content (AvgIpc) is 2.56. The van der Waals surface area contributed by atoms with Crippen LogP contribution in [0.3, 0.4) is 0 Å². The number of benzene rings is 1. The van der Waals surface area contributed by atoms with E-state index in [1.54, 1.807) is 30.0 Å². The van der Waals surface area contributed by atoms with Gasteiger partial charge in [0.15, 0.2) is 0 Å². The largest absolute Gasteiger partial charge is 0.508 e. The van der Waals surface area contributed by atoms with Gasteiger partial charge >= 0.3 is 12.1 Å². The van der Waals surface area contributed by atoms with Crippen LogP contribution in [0.4, 0.5) is 4.79 Å². The average molecular weight is 363 g/mol. The van der Waals surface area contributed by atoms with E-state index in [2.05, 4.69) is 0 Å². The Hall–Kier alpha value is -2.24. The van der Waals surface area contributed by atoms with Crippen molar-refractivity contribution in [1.29, 1.82) is 0 Å². The van der Waals surface area contributed by atoms with E-state index < -0.39 is 17.1 Å². The molecule has 1 N–H and O–H groups in total. The van der Waals surface area contributed by atoms with Gasteiger partial charge in [0.25, 0.3) is 0 Å². The molecule has 1 fully saturated rings. The molecule has 2 rings (SSSR count). The van der Waals surface area contributed by atoms with Gasteiger partial charge in [-0.1, -0.05) is 18.2 Å². The van der Waals surface area contributed by atoms with Crippen molar-refractivity contribution in [2.24, 2.45) is 5.41 Å².